The van der Waals surface area contributed by atoms with Crippen LogP contribution in [0.4, 0.5) is 0 Å². The van der Waals surface area contributed by atoms with Gasteiger partial charge < -0.3 is 4.90 Å². The Bertz CT molecular complexity index is 995. The molecule has 0 unspecified atom stereocenters. The summed E-state index contributed by atoms with van der Waals surface area (Å²) in [4.78, 5) is 31.9. The number of aryl methyl sites for hydroxylation is 1. The molecule has 1 amide bonds. The van der Waals surface area contributed by atoms with Gasteiger partial charge in [-0.05, 0) is 36.6 Å². The number of amides is 1. The molecule has 27 heavy (non-hydrogen) atoms. The van der Waals surface area contributed by atoms with Crippen molar-refractivity contribution in [2.24, 2.45) is 5.92 Å². The summed E-state index contributed by atoms with van der Waals surface area (Å²) in [5.74, 6) is 0.0834. The number of hydrogen-bond donors (Lipinski definition) is 0. The van der Waals surface area contributed by atoms with Crippen molar-refractivity contribution in [3.8, 4) is 0 Å². The summed E-state index contributed by atoms with van der Waals surface area (Å²) < 4.78 is 0. The van der Waals surface area contributed by atoms with Gasteiger partial charge in [0, 0.05) is 30.0 Å². The zero-order valence-electron chi connectivity index (χ0n) is 15.4. The molecule has 5 heteroatoms. The monoisotopic (exact) mass is 378 g/mol. The van der Waals surface area contributed by atoms with Crippen LogP contribution in [0, 0.1) is 12.8 Å². The first-order chi connectivity index (χ1) is 13.1. The molecular formula is C22H22N2O2S. The Morgan fingerprint density at radius 2 is 2.00 bits per heavy atom. The maximum atomic E-state index is 13.0. The van der Waals surface area contributed by atoms with E-state index in [1.165, 1.54) is 0 Å². The number of hydrogen-bond acceptors (Lipinski definition) is 4. The first kappa shape index (κ1) is 17.9. The van der Waals surface area contributed by atoms with E-state index in [1.807, 2.05) is 59.7 Å². The number of rotatable bonds is 4. The molecule has 3 aromatic rings. The maximum Gasteiger partial charge on any atom is 0.228 e. The van der Waals surface area contributed by atoms with Crippen LogP contribution in [-0.2, 0) is 11.2 Å². The van der Waals surface area contributed by atoms with Crippen LogP contribution in [-0.4, -0.2) is 34.7 Å². The van der Waals surface area contributed by atoms with Crippen molar-refractivity contribution in [3.05, 3.63) is 64.1 Å². The fourth-order valence-electron chi connectivity index (χ4n) is 3.75. The van der Waals surface area contributed by atoms with E-state index in [0.717, 1.165) is 46.4 Å². The number of ketones is 1. The first-order valence-electron chi connectivity index (χ1n) is 9.32. The van der Waals surface area contributed by atoms with Crippen molar-refractivity contribution in [3.63, 3.8) is 0 Å². The molecule has 1 fully saturated rings. The molecule has 4 nitrogen and oxygen atoms in total. The van der Waals surface area contributed by atoms with Crippen molar-refractivity contribution in [2.75, 3.05) is 13.1 Å². The first-order valence-corrected chi connectivity index (χ1v) is 10.2. The predicted molar refractivity (Wildman–Crippen MR) is 108 cm³/mol. The predicted octanol–water partition coefficient (Wildman–Crippen LogP) is 4.27. The largest absolute Gasteiger partial charge is 0.342 e. The summed E-state index contributed by atoms with van der Waals surface area (Å²) in [5, 5.41) is 5.12. The molecule has 4 rings (SSSR count). The molecule has 1 atom stereocenters. The zero-order valence-corrected chi connectivity index (χ0v) is 16.2. The molecule has 0 radical (unpaired) electrons. The lowest BCUT2D eigenvalue weighted by Crippen LogP contribution is -2.43. The molecule has 1 saturated heterocycles. The van der Waals surface area contributed by atoms with Gasteiger partial charge in [0.05, 0.1) is 17.1 Å². The van der Waals surface area contributed by atoms with Crippen molar-refractivity contribution in [1.29, 1.82) is 0 Å². The average molecular weight is 378 g/mol. The van der Waals surface area contributed by atoms with Gasteiger partial charge in [0.25, 0.3) is 0 Å². The molecule has 138 valence electrons. The number of piperidine rings is 1. The van der Waals surface area contributed by atoms with Gasteiger partial charge in [-0.3, -0.25) is 9.59 Å². The molecule has 0 bridgehead atoms. The number of nitrogens with zero attached hydrogens (tertiary/aromatic N) is 2. The summed E-state index contributed by atoms with van der Waals surface area (Å²) in [5.41, 5.74) is 1.56. The summed E-state index contributed by atoms with van der Waals surface area (Å²) in [6.07, 6.45) is 2.03. The van der Waals surface area contributed by atoms with Crippen molar-refractivity contribution in [2.45, 2.75) is 26.2 Å². The number of thiazole rings is 1. The van der Waals surface area contributed by atoms with Gasteiger partial charge in [0.2, 0.25) is 5.91 Å². The Hall–Kier alpha value is -2.53. The van der Waals surface area contributed by atoms with Crippen LogP contribution in [0.5, 0.6) is 0 Å². The minimum absolute atomic E-state index is 0.0660. The third-order valence-electron chi connectivity index (χ3n) is 5.18. The fraction of sp³-hybridized carbons (Fsp3) is 0.318. The molecule has 0 aliphatic carbocycles. The lowest BCUT2D eigenvalue weighted by atomic mass is 9.89. The molecular weight excluding hydrogens is 356 g/mol. The second kappa shape index (κ2) is 7.61. The minimum Gasteiger partial charge on any atom is -0.342 e. The molecule has 2 heterocycles. The third kappa shape index (κ3) is 3.93. The molecule has 1 aromatic heterocycles. The maximum absolute atomic E-state index is 13.0. The summed E-state index contributed by atoms with van der Waals surface area (Å²) >= 11 is 1.56. The number of carbonyl (C=O) groups is 2. The Morgan fingerprint density at radius 3 is 2.78 bits per heavy atom. The summed E-state index contributed by atoms with van der Waals surface area (Å²) in [6.45, 7) is 3.18. The number of likely N-dealkylation sites (tertiary alicyclic amines) is 1. The van der Waals surface area contributed by atoms with Gasteiger partial charge in [-0.25, -0.2) is 4.98 Å². The molecule has 2 aromatic carbocycles. The smallest absolute Gasteiger partial charge is 0.228 e. The van der Waals surface area contributed by atoms with Gasteiger partial charge >= 0.3 is 0 Å². The van der Waals surface area contributed by atoms with Crippen LogP contribution in [0.15, 0.2) is 47.8 Å². The van der Waals surface area contributed by atoms with Crippen LogP contribution in [0.3, 0.4) is 0 Å². The van der Waals surface area contributed by atoms with Gasteiger partial charge in [-0.15, -0.1) is 11.3 Å². The lowest BCUT2D eigenvalue weighted by molar-refractivity contribution is -0.131. The van der Waals surface area contributed by atoms with E-state index >= 15 is 0 Å². The summed E-state index contributed by atoms with van der Waals surface area (Å²) in [6, 6.07) is 13.9. The fourth-order valence-corrected chi connectivity index (χ4v) is 4.36. The quantitative estimate of drug-likeness (QED) is 0.637. The van der Waals surface area contributed by atoms with E-state index < -0.39 is 0 Å². The zero-order chi connectivity index (χ0) is 18.8. The molecule has 1 aliphatic rings. The second-order valence-electron chi connectivity index (χ2n) is 7.14. The number of aromatic nitrogens is 1. The minimum atomic E-state index is -0.124. The van der Waals surface area contributed by atoms with E-state index in [2.05, 4.69) is 4.98 Å². The topological polar surface area (TPSA) is 50.3 Å². The van der Waals surface area contributed by atoms with Crippen molar-refractivity contribution < 1.29 is 9.59 Å². The Balaban J connectivity index is 1.46. The van der Waals surface area contributed by atoms with Gasteiger partial charge in [-0.1, -0.05) is 36.4 Å². The third-order valence-corrected chi connectivity index (χ3v) is 6.00. The SMILES string of the molecule is Cc1nc(CC(=O)N2CCC[C@H](C(=O)c3ccc4ccccc4c3)C2)cs1. The number of Topliss-reactive ketones (excluding diaryl/α,β-unsaturated/α-hetero) is 1. The van der Waals surface area contributed by atoms with Gasteiger partial charge in [-0.2, -0.15) is 0 Å². The highest BCUT2D eigenvalue weighted by Crippen LogP contribution is 2.24. The van der Waals surface area contributed by atoms with Crippen molar-refractivity contribution in [1.82, 2.24) is 9.88 Å². The van der Waals surface area contributed by atoms with E-state index in [1.54, 1.807) is 11.3 Å². The average Bonchev–Trinajstić information content (AvgIpc) is 3.11. The molecule has 0 spiro atoms. The van der Waals surface area contributed by atoms with E-state index in [4.69, 9.17) is 0 Å². The highest BCUT2D eigenvalue weighted by Gasteiger charge is 2.29. The van der Waals surface area contributed by atoms with Crippen LogP contribution in [0.1, 0.15) is 33.9 Å². The van der Waals surface area contributed by atoms with Crippen molar-refractivity contribution >= 4 is 33.8 Å². The molecule has 0 N–H and O–H groups in total. The normalized spacial score (nSPS) is 17.2. The number of carbonyl (C=O) groups excluding carboxylic acids is 2. The highest BCUT2D eigenvalue weighted by molar-refractivity contribution is 7.09. The number of benzene rings is 2. The van der Waals surface area contributed by atoms with E-state index in [0.29, 0.717) is 13.0 Å². The van der Waals surface area contributed by atoms with Gasteiger partial charge in [0.15, 0.2) is 5.78 Å². The van der Waals surface area contributed by atoms with Crippen LogP contribution < -0.4 is 0 Å². The van der Waals surface area contributed by atoms with Crippen LogP contribution in [0.25, 0.3) is 10.8 Å². The van der Waals surface area contributed by atoms with Gasteiger partial charge in [0.1, 0.15) is 0 Å². The standard InChI is InChI=1S/C22H22N2O2S/c1-15-23-20(14-27-15)12-21(25)24-10-4-7-19(13-24)22(26)18-9-8-16-5-2-3-6-17(16)11-18/h2-3,5-6,8-9,11,14,19H,4,7,10,12-13H2,1H3/t19-/m0/s1. The second-order valence-corrected chi connectivity index (χ2v) is 8.20. The van der Waals surface area contributed by atoms with E-state index in [9.17, 15) is 9.59 Å². The van der Waals surface area contributed by atoms with Crippen LogP contribution in [0.2, 0.25) is 0 Å². The lowest BCUT2D eigenvalue weighted by Gasteiger charge is -2.32. The highest BCUT2D eigenvalue weighted by atomic mass is 32.1. The molecule has 0 saturated carbocycles. The van der Waals surface area contributed by atoms with Crippen LogP contribution >= 0.6 is 11.3 Å². The molecule has 1 aliphatic heterocycles. The Labute approximate surface area is 162 Å². The summed E-state index contributed by atoms with van der Waals surface area (Å²) in [7, 11) is 0. The number of fused-ring (bicyclic) bond motifs is 1. The Kier molecular flexibility index (Phi) is 5.03. The van der Waals surface area contributed by atoms with E-state index in [-0.39, 0.29) is 17.6 Å². The Morgan fingerprint density at radius 1 is 1.19 bits per heavy atom.